The Labute approximate surface area is 238 Å². The highest BCUT2D eigenvalue weighted by molar-refractivity contribution is 5.83. The van der Waals surface area contributed by atoms with Crippen LogP contribution in [0.25, 0.3) is 11.1 Å². The number of hydrogen-bond donors (Lipinski definition) is 2. The molecule has 6 rings (SSSR count). The molecule has 0 bridgehead atoms. The van der Waals surface area contributed by atoms with E-state index in [2.05, 4.69) is 18.2 Å². The van der Waals surface area contributed by atoms with Gasteiger partial charge in [-0.05, 0) is 59.2 Å². The number of phenols is 2. The summed E-state index contributed by atoms with van der Waals surface area (Å²) in [5, 5.41) is 20.7. The molecule has 1 aliphatic heterocycles. The molecule has 0 unspecified atom stereocenters. The Morgan fingerprint density at radius 1 is 0.951 bits per heavy atom. The number of ether oxygens (including phenoxy) is 4. The van der Waals surface area contributed by atoms with Gasteiger partial charge >= 0.3 is 5.97 Å². The third-order valence-corrected chi connectivity index (χ3v) is 8.09. The van der Waals surface area contributed by atoms with Crippen LogP contribution in [0.15, 0.2) is 72.8 Å². The van der Waals surface area contributed by atoms with Crippen molar-refractivity contribution in [1.29, 1.82) is 0 Å². The second-order valence-corrected chi connectivity index (χ2v) is 10.6. The summed E-state index contributed by atoms with van der Waals surface area (Å²) >= 11 is 0. The Balaban J connectivity index is 1.53. The number of aromatic hydroxyl groups is 2. The Bertz CT molecular complexity index is 1610. The summed E-state index contributed by atoms with van der Waals surface area (Å²) < 4.78 is 23.5. The number of benzene rings is 4. The summed E-state index contributed by atoms with van der Waals surface area (Å²) in [6.45, 7) is 1.54. The second-order valence-electron chi connectivity index (χ2n) is 10.6. The van der Waals surface area contributed by atoms with Crippen LogP contribution in [0.5, 0.6) is 28.7 Å². The molecule has 210 valence electrons. The van der Waals surface area contributed by atoms with E-state index >= 15 is 0 Å². The molecule has 2 N–H and O–H groups in total. The Kier molecular flexibility index (Phi) is 6.95. The van der Waals surface area contributed by atoms with E-state index in [4.69, 9.17) is 18.9 Å². The fourth-order valence-corrected chi connectivity index (χ4v) is 6.32. The first-order valence-electron chi connectivity index (χ1n) is 13.7. The Morgan fingerprint density at radius 2 is 1.73 bits per heavy atom. The molecule has 4 aromatic rings. The highest BCUT2D eigenvalue weighted by Gasteiger charge is 2.42. The number of methoxy groups -OCH3 is 2. The van der Waals surface area contributed by atoms with E-state index in [1.54, 1.807) is 25.3 Å². The minimum absolute atomic E-state index is 0.0376. The quantitative estimate of drug-likeness (QED) is 0.255. The summed E-state index contributed by atoms with van der Waals surface area (Å²) in [4.78, 5) is 11.9. The predicted octanol–water partition coefficient (Wildman–Crippen LogP) is 6.44. The van der Waals surface area contributed by atoms with Gasteiger partial charge in [0.15, 0.2) is 11.5 Å². The highest BCUT2D eigenvalue weighted by atomic mass is 16.5. The molecule has 0 spiro atoms. The molecule has 0 saturated carbocycles. The predicted molar refractivity (Wildman–Crippen MR) is 154 cm³/mol. The van der Waals surface area contributed by atoms with Crippen molar-refractivity contribution in [3.63, 3.8) is 0 Å². The van der Waals surface area contributed by atoms with Crippen molar-refractivity contribution in [1.82, 2.24) is 0 Å². The molecule has 0 amide bonds. The van der Waals surface area contributed by atoms with Crippen LogP contribution < -0.4 is 14.2 Å². The maximum absolute atomic E-state index is 11.9. The van der Waals surface area contributed by atoms with Crippen LogP contribution in [0.1, 0.15) is 52.7 Å². The van der Waals surface area contributed by atoms with E-state index in [1.165, 1.54) is 19.6 Å². The fraction of sp³-hybridized carbons (Fsp3) is 0.265. The normalized spacial score (nSPS) is 18.5. The van der Waals surface area contributed by atoms with Gasteiger partial charge in [0.1, 0.15) is 30.0 Å². The molecule has 1 aliphatic carbocycles. The van der Waals surface area contributed by atoms with E-state index in [0.29, 0.717) is 17.9 Å². The van der Waals surface area contributed by atoms with Gasteiger partial charge in [0, 0.05) is 29.7 Å². The molecule has 41 heavy (non-hydrogen) atoms. The number of hydrogen-bond acceptors (Lipinski definition) is 7. The Morgan fingerprint density at radius 3 is 2.46 bits per heavy atom. The topological polar surface area (TPSA) is 94.5 Å². The smallest absolute Gasteiger partial charge is 0.302 e. The van der Waals surface area contributed by atoms with Crippen LogP contribution in [-0.2, 0) is 22.4 Å². The summed E-state index contributed by atoms with van der Waals surface area (Å²) in [5.41, 5.74) is 7.00. The van der Waals surface area contributed by atoms with Gasteiger partial charge in [0.2, 0.25) is 0 Å². The maximum Gasteiger partial charge on any atom is 0.302 e. The lowest BCUT2D eigenvalue weighted by molar-refractivity contribution is -0.141. The van der Waals surface area contributed by atoms with Gasteiger partial charge in [-0.25, -0.2) is 0 Å². The minimum atomic E-state index is -0.467. The summed E-state index contributed by atoms with van der Waals surface area (Å²) in [5.74, 6) is 1.36. The number of rotatable bonds is 7. The average molecular weight is 553 g/mol. The molecule has 0 saturated heterocycles. The number of carbonyl (C=O) groups excluding carboxylic acids is 1. The van der Waals surface area contributed by atoms with E-state index in [-0.39, 0.29) is 35.9 Å². The minimum Gasteiger partial charge on any atom is -0.508 e. The van der Waals surface area contributed by atoms with Gasteiger partial charge in [-0.15, -0.1) is 0 Å². The number of fused-ring (bicyclic) bond motifs is 5. The van der Waals surface area contributed by atoms with Crippen molar-refractivity contribution in [3.8, 4) is 39.9 Å². The molecule has 7 nitrogen and oxygen atoms in total. The Hall–Kier alpha value is -4.65. The van der Waals surface area contributed by atoms with Crippen molar-refractivity contribution in [2.45, 2.75) is 37.7 Å². The molecule has 0 aromatic heterocycles. The van der Waals surface area contributed by atoms with Crippen molar-refractivity contribution < 1.29 is 34.0 Å². The van der Waals surface area contributed by atoms with Crippen molar-refractivity contribution >= 4 is 5.97 Å². The third kappa shape index (κ3) is 4.82. The summed E-state index contributed by atoms with van der Waals surface area (Å²) in [7, 11) is 3.12. The van der Waals surface area contributed by atoms with E-state index in [9.17, 15) is 15.0 Å². The second kappa shape index (κ2) is 10.7. The van der Waals surface area contributed by atoms with E-state index in [0.717, 1.165) is 45.6 Å². The van der Waals surface area contributed by atoms with Gasteiger partial charge in [-0.3, -0.25) is 4.79 Å². The van der Waals surface area contributed by atoms with Gasteiger partial charge in [-0.1, -0.05) is 48.5 Å². The molecular weight excluding hydrogens is 520 g/mol. The van der Waals surface area contributed by atoms with Crippen molar-refractivity contribution in [2.75, 3.05) is 20.8 Å². The third-order valence-electron chi connectivity index (χ3n) is 8.09. The molecule has 3 atom stereocenters. The highest BCUT2D eigenvalue weighted by Crippen LogP contribution is 2.56. The van der Waals surface area contributed by atoms with Crippen LogP contribution in [-0.4, -0.2) is 37.0 Å². The molecule has 0 radical (unpaired) electrons. The van der Waals surface area contributed by atoms with Crippen molar-refractivity contribution in [3.05, 3.63) is 101 Å². The van der Waals surface area contributed by atoms with Crippen LogP contribution in [0.2, 0.25) is 0 Å². The zero-order valence-electron chi connectivity index (χ0n) is 23.2. The first kappa shape index (κ1) is 26.6. The van der Waals surface area contributed by atoms with E-state index < -0.39 is 6.10 Å². The SMILES string of the molecule is COc1cc([C@H]2Oc3c(ccc4c3[C@@H](Cc3ccccc3)Cc3cc(O)cc(OC)c3-4)[C@@H]2COC(C)=O)ccc1O. The monoisotopic (exact) mass is 552 g/mol. The van der Waals surface area contributed by atoms with Gasteiger partial charge in [0.25, 0.3) is 0 Å². The molecule has 2 aliphatic rings. The van der Waals surface area contributed by atoms with E-state index in [1.807, 2.05) is 36.4 Å². The van der Waals surface area contributed by atoms with Crippen LogP contribution in [0.3, 0.4) is 0 Å². The first-order valence-corrected chi connectivity index (χ1v) is 13.7. The molecule has 1 heterocycles. The lowest BCUT2D eigenvalue weighted by atomic mass is 9.74. The van der Waals surface area contributed by atoms with Gasteiger partial charge < -0.3 is 29.2 Å². The zero-order valence-corrected chi connectivity index (χ0v) is 23.2. The van der Waals surface area contributed by atoms with Crippen LogP contribution in [0, 0.1) is 0 Å². The number of esters is 1. The van der Waals surface area contributed by atoms with Gasteiger partial charge in [0.05, 0.1) is 20.1 Å². The largest absolute Gasteiger partial charge is 0.508 e. The number of carbonyl (C=O) groups is 1. The average Bonchev–Trinajstić information content (AvgIpc) is 3.34. The number of phenolic OH excluding ortho intramolecular Hbond substituents is 2. The van der Waals surface area contributed by atoms with Crippen molar-refractivity contribution in [2.24, 2.45) is 0 Å². The van der Waals surface area contributed by atoms with Crippen LogP contribution in [0.4, 0.5) is 0 Å². The van der Waals surface area contributed by atoms with Crippen LogP contribution >= 0.6 is 0 Å². The van der Waals surface area contributed by atoms with Gasteiger partial charge in [-0.2, -0.15) is 0 Å². The summed E-state index contributed by atoms with van der Waals surface area (Å²) in [6.07, 6.45) is 0.997. The fourth-order valence-electron chi connectivity index (χ4n) is 6.32. The first-order chi connectivity index (χ1) is 19.9. The molecular formula is C34H32O7. The summed E-state index contributed by atoms with van der Waals surface area (Å²) in [6, 6.07) is 23.1. The molecule has 7 heteroatoms. The molecule has 0 fully saturated rings. The maximum atomic E-state index is 11.9. The lowest BCUT2D eigenvalue weighted by Gasteiger charge is -2.31. The lowest BCUT2D eigenvalue weighted by Crippen LogP contribution is -2.17. The zero-order chi connectivity index (χ0) is 28.7. The standard InChI is InChI=1S/C34H32O7/c1-19(35)40-18-27-25-10-11-26-31-23(15-24(36)17-30(31)39-3)14-22(13-20-7-5-4-6-8-20)32(26)34(25)41-33(27)21-9-12-28(37)29(16-21)38-2/h4-12,15-17,22,27,33,36-37H,13-14,18H2,1-3H3/t22-,27-,33+/m0/s1. The molecule has 4 aromatic carbocycles.